The van der Waals surface area contributed by atoms with Crippen LogP contribution in [-0.2, 0) is 0 Å². The second kappa shape index (κ2) is 4.91. The summed E-state index contributed by atoms with van der Waals surface area (Å²) >= 11 is 15.4. The van der Waals surface area contributed by atoms with Crippen molar-refractivity contribution in [2.45, 2.75) is 0 Å². The summed E-state index contributed by atoms with van der Waals surface area (Å²) < 4.78 is 15.3. The van der Waals surface area contributed by atoms with Gasteiger partial charge in [-0.3, -0.25) is 4.40 Å². The fourth-order valence-electron chi connectivity index (χ4n) is 1.97. The van der Waals surface area contributed by atoms with Crippen LogP contribution in [0, 0.1) is 5.82 Å². The molecule has 3 nitrogen and oxygen atoms in total. The summed E-state index contributed by atoms with van der Waals surface area (Å²) in [6.45, 7) is 0. The summed E-state index contributed by atoms with van der Waals surface area (Å²) in [5.41, 5.74) is 7.78. The molecule has 3 rings (SSSR count). The number of benzene rings is 1. The van der Waals surface area contributed by atoms with Crippen molar-refractivity contribution in [3.63, 3.8) is 0 Å². The van der Waals surface area contributed by atoms with Crippen LogP contribution >= 0.6 is 39.1 Å². The summed E-state index contributed by atoms with van der Waals surface area (Å²) in [6, 6.07) is 5.90. The van der Waals surface area contributed by atoms with Gasteiger partial charge in [-0.2, -0.15) is 0 Å². The molecule has 2 heterocycles. The number of fused-ring (bicyclic) bond motifs is 1. The minimum atomic E-state index is -0.343. The number of nitrogens with two attached hydrogens (primary N) is 1. The average molecular weight is 375 g/mol. The molecule has 0 saturated carbocycles. The molecule has 20 heavy (non-hydrogen) atoms. The number of anilines is 1. The molecule has 2 N–H and O–H groups in total. The maximum Gasteiger partial charge on any atom is 0.158 e. The third-order valence-electron chi connectivity index (χ3n) is 2.86. The Morgan fingerprint density at radius 1 is 1.25 bits per heavy atom. The topological polar surface area (TPSA) is 43.3 Å². The van der Waals surface area contributed by atoms with Crippen molar-refractivity contribution in [1.82, 2.24) is 9.38 Å². The van der Waals surface area contributed by atoms with E-state index in [4.69, 9.17) is 28.9 Å². The lowest BCUT2D eigenvalue weighted by atomic mass is 10.1. The molecule has 0 radical (unpaired) electrons. The molecule has 7 heteroatoms. The van der Waals surface area contributed by atoms with E-state index in [-0.39, 0.29) is 5.82 Å². The Labute approximate surface area is 132 Å². The second-order valence-electron chi connectivity index (χ2n) is 4.17. The van der Waals surface area contributed by atoms with Gasteiger partial charge < -0.3 is 5.73 Å². The number of halogens is 4. The first-order valence-electron chi connectivity index (χ1n) is 5.55. The fourth-order valence-corrected chi connectivity index (χ4v) is 3.02. The summed E-state index contributed by atoms with van der Waals surface area (Å²) in [5, 5.41) is 0.852. The van der Waals surface area contributed by atoms with Gasteiger partial charge in [0.15, 0.2) is 5.65 Å². The van der Waals surface area contributed by atoms with Crippen LogP contribution < -0.4 is 5.73 Å². The molecule has 0 unspecified atom stereocenters. The summed E-state index contributed by atoms with van der Waals surface area (Å²) in [4.78, 5) is 4.41. The van der Waals surface area contributed by atoms with Crippen LogP contribution in [0.25, 0.3) is 16.9 Å². The van der Waals surface area contributed by atoms with Crippen LogP contribution in [-0.4, -0.2) is 9.38 Å². The van der Waals surface area contributed by atoms with E-state index in [9.17, 15) is 4.39 Å². The van der Waals surface area contributed by atoms with Crippen molar-refractivity contribution in [2.24, 2.45) is 0 Å². The summed E-state index contributed by atoms with van der Waals surface area (Å²) in [6.07, 6.45) is 1.63. The Hall–Kier alpha value is -1.30. The highest BCUT2D eigenvalue weighted by atomic mass is 79.9. The Bertz CT molecular complexity index is 832. The SMILES string of the molecule is Nc1c(-c2ccc(F)cc2Br)nc2c(Cl)cc(Cl)cn12. The van der Waals surface area contributed by atoms with Crippen molar-refractivity contribution in [3.8, 4) is 11.3 Å². The minimum absolute atomic E-state index is 0.343. The lowest BCUT2D eigenvalue weighted by molar-refractivity contribution is 0.627. The molecule has 3 aromatic rings. The van der Waals surface area contributed by atoms with E-state index in [1.54, 1.807) is 22.7 Å². The molecule has 0 spiro atoms. The van der Waals surface area contributed by atoms with Crippen molar-refractivity contribution in [1.29, 1.82) is 0 Å². The molecule has 0 aliphatic heterocycles. The van der Waals surface area contributed by atoms with Gasteiger partial charge in [0.25, 0.3) is 0 Å². The van der Waals surface area contributed by atoms with Crippen molar-refractivity contribution in [3.05, 3.63) is 50.8 Å². The van der Waals surface area contributed by atoms with Crippen molar-refractivity contribution >= 4 is 50.6 Å². The Morgan fingerprint density at radius 2 is 2.00 bits per heavy atom. The molecule has 0 aliphatic rings. The van der Waals surface area contributed by atoms with Gasteiger partial charge >= 0.3 is 0 Å². The third kappa shape index (κ3) is 2.16. The van der Waals surface area contributed by atoms with Gasteiger partial charge in [-0.05, 0) is 40.2 Å². The maximum absolute atomic E-state index is 13.2. The molecule has 0 atom stereocenters. The van der Waals surface area contributed by atoms with E-state index < -0.39 is 0 Å². The quantitative estimate of drug-likeness (QED) is 0.665. The Kier molecular flexibility index (Phi) is 3.36. The van der Waals surface area contributed by atoms with Gasteiger partial charge in [-0.25, -0.2) is 9.37 Å². The normalized spacial score (nSPS) is 11.2. The number of nitrogen functional groups attached to an aromatic ring is 1. The summed E-state index contributed by atoms with van der Waals surface area (Å²) in [5.74, 6) is 0.0424. The zero-order chi connectivity index (χ0) is 14.4. The van der Waals surface area contributed by atoms with Gasteiger partial charge in [-0.15, -0.1) is 0 Å². The first-order chi connectivity index (χ1) is 9.47. The van der Waals surface area contributed by atoms with Crippen LogP contribution in [0.1, 0.15) is 0 Å². The molecule has 0 fully saturated rings. The van der Waals surface area contributed by atoms with Crippen LogP contribution in [0.5, 0.6) is 0 Å². The minimum Gasteiger partial charge on any atom is -0.383 e. The third-order valence-corrected chi connectivity index (χ3v) is 4.01. The summed E-state index contributed by atoms with van der Waals surface area (Å²) in [7, 11) is 0. The Balaban J connectivity index is 2.32. The van der Waals surface area contributed by atoms with E-state index in [0.29, 0.717) is 37.2 Å². The smallest absolute Gasteiger partial charge is 0.158 e. The van der Waals surface area contributed by atoms with Crippen LogP contribution in [0.15, 0.2) is 34.9 Å². The zero-order valence-electron chi connectivity index (χ0n) is 9.87. The second-order valence-corrected chi connectivity index (χ2v) is 5.87. The van der Waals surface area contributed by atoms with Gasteiger partial charge in [0.1, 0.15) is 17.3 Å². The van der Waals surface area contributed by atoms with E-state index in [2.05, 4.69) is 20.9 Å². The van der Waals surface area contributed by atoms with Gasteiger partial charge in [0, 0.05) is 16.2 Å². The average Bonchev–Trinajstić information content (AvgIpc) is 2.68. The van der Waals surface area contributed by atoms with Gasteiger partial charge in [-0.1, -0.05) is 23.2 Å². The van der Waals surface area contributed by atoms with E-state index in [1.165, 1.54) is 12.1 Å². The van der Waals surface area contributed by atoms with E-state index in [0.717, 1.165) is 0 Å². The highest BCUT2D eigenvalue weighted by molar-refractivity contribution is 9.10. The molecule has 102 valence electrons. The van der Waals surface area contributed by atoms with E-state index in [1.807, 2.05) is 0 Å². The fraction of sp³-hybridized carbons (Fsp3) is 0. The number of hydrogen-bond donors (Lipinski definition) is 1. The highest BCUT2D eigenvalue weighted by Gasteiger charge is 2.16. The number of hydrogen-bond acceptors (Lipinski definition) is 2. The van der Waals surface area contributed by atoms with Crippen molar-refractivity contribution < 1.29 is 4.39 Å². The van der Waals surface area contributed by atoms with Crippen LogP contribution in [0.4, 0.5) is 10.2 Å². The first kappa shape index (κ1) is 13.7. The number of aromatic nitrogens is 2. The molecule has 2 aromatic heterocycles. The predicted octanol–water partition coefficient (Wildman–Crippen LogP) is 4.79. The molecular weight excluding hydrogens is 368 g/mol. The number of pyridine rings is 1. The zero-order valence-corrected chi connectivity index (χ0v) is 13.0. The predicted molar refractivity (Wildman–Crippen MR) is 82.7 cm³/mol. The molecule has 0 bridgehead atoms. The molecule has 0 saturated heterocycles. The van der Waals surface area contributed by atoms with Crippen molar-refractivity contribution in [2.75, 3.05) is 5.73 Å². The lowest BCUT2D eigenvalue weighted by Gasteiger charge is -2.03. The lowest BCUT2D eigenvalue weighted by Crippen LogP contribution is -1.94. The molecular formula is C13H7BrCl2FN3. The molecule has 1 aromatic carbocycles. The van der Waals surface area contributed by atoms with Crippen LogP contribution in [0.2, 0.25) is 10.0 Å². The van der Waals surface area contributed by atoms with Gasteiger partial charge in [0.2, 0.25) is 0 Å². The highest BCUT2D eigenvalue weighted by Crippen LogP contribution is 2.35. The number of imidazole rings is 1. The number of nitrogens with zero attached hydrogens (tertiary/aromatic N) is 2. The maximum atomic E-state index is 13.2. The van der Waals surface area contributed by atoms with E-state index >= 15 is 0 Å². The Morgan fingerprint density at radius 3 is 2.70 bits per heavy atom. The standard InChI is InChI=1S/C13H7BrCl2FN3/c14-9-4-7(17)1-2-8(9)11-12(18)20-5-6(15)3-10(16)13(20)19-11/h1-5H,18H2. The number of rotatable bonds is 1. The van der Waals surface area contributed by atoms with Gasteiger partial charge in [0.05, 0.1) is 10.0 Å². The molecule has 0 aliphatic carbocycles. The van der Waals surface area contributed by atoms with Crippen LogP contribution in [0.3, 0.4) is 0 Å². The molecule has 0 amide bonds. The monoisotopic (exact) mass is 373 g/mol. The first-order valence-corrected chi connectivity index (χ1v) is 7.10. The largest absolute Gasteiger partial charge is 0.383 e.